The van der Waals surface area contributed by atoms with Gasteiger partial charge in [-0.2, -0.15) is 21.6 Å². The van der Waals surface area contributed by atoms with Crippen molar-refractivity contribution in [3.05, 3.63) is 28.2 Å². The third kappa shape index (κ3) is 3.71. The Morgan fingerprint density at radius 1 is 1.31 bits per heavy atom. The summed E-state index contributed by atoms with van der Waals surface area (Å²) in [5, 5.41) is 0. The molecule has 0 saturated carbocycles. The summed E-state index contributed by atoms with van der Waals surface area (Å²) in [4.78, 5) is -0.808. The Hall–Kier alpha value is 0.400. The van der Waals surface area contributed by atoms with E-state index in [2.05, 4.69) is 15.9 Å². The van der Waals surface area contributed by atoms with Gasteiger partial charge in [-0.1, -0.05) is 6.07 Å². The zero-order valence-electron chi connectivity index (χ0n) is 8.92. The van der Waals surface area contributed by atoms with E-state index in [4.69, 9.17) is 4.55 Å². The second-order valence-corrected chi connectivity index (χ2v) is 4.77. The number of hydrogen-bond donors (Lipinski definition) is 1. The van der Waals surface area contributed by atoms with Crippen molar-refractivity contribution in [2.75, 3.05) is 0 Å². The van der Waals surface area contributed by atoms with Gasteiger partial charge in [-0.15, -0.1) is 0 Å². The zero-order chi connectivity index (χ0) is 11.9. The quantitative estimate of drug-likeness (QED) is 0.575. The summed E-state index contributed by atoms with van der Waals surface area (Å²) >= 11 is 2.49. The van der Waals surface area contributed by atoms with Crippen molar-refractivity contribution >= 4 is 26.0 Å². The van der Waals surface area contributed by atoms with Crippen LogP contribution in [0.25, 0.3) is 0 Å². The van der Waals surface area contributed by atoms with E-state index in [9.17, 15) is 21.6 Å². The molecule has 1 N–H and O–H groups in total. The van der Waals surface area contributed by atoms with Crippen molar-refractivity contribution in [2.24, 2.45) is 0 Å². The predicted octanol–water partition coefficient (Wildman–Crippen LogP) is -0.169. The molecule has 86 valence electrons. The molecule has 0 unspecified atom stereocenters. The fourth-order valence-corrected chi connectivity index (χ4v) is 2.62. The molecule has 0 saturated heterocycles. The van der Waals surface area contributed by atoms with Gasteiger partial charge in [-0.3, -0.25) is 4.55 Å². The molecular weight excluding hydrogens is 324 g/mol. The van der Waals surface area contributed by atoms with E-state index in [1.807, 2.05) is 0 Å². The summed E-state index contributed by atoms with van der Waals surface area (Å²) in [6.45, 7) is 0. The first-order valence-corrected chi connectivity index (χ1v) is 5.70. The van der Waals surface area contributed by atoms with Crippen molar-refractivity contribution in [3.8, 4) is 0 Å². The molecule has 0 amide bonds. The van der Waals surface area contributed by atoms with Crippen molar-refractivity contribution in [2.45, 2.75) is 11.1 Å². The van der Waals surface area contributed by atoms with Crippen LogP contribution in [0.4, 0.5) is 13.2 Å². The van der Waals surface area contributed by atoms with Gasteiger partial charge in [0.05, 0.1) is 10.0 Å². The van der Waals surface area contributed by atoms with Gasteiger partial charge >= 0.3 is 35.7 Å². The fourth-order valence-electron chi connectivity index (χ4n) is 0.929. The van der Waals surface area contributed by atoms with Gasteiger partial charge in [0, 0.05) is 0 Å². The summed E-state index contributed by atoms with van der Waals surface area (Å²) < 4.78 is 66.3. The van der Waals surface area contributed by atoms with Crippen LogP contribution in [0.5, 0.6) is 0 Å². The van der Waals surface area contributed by atoms with Gasteiger partial charge < -0.3 is 1.43 Å². The SMILES string of the molecule is O=S(=O)(O)c1cccc(C(F)(F)F)c1Br.[H-].[Na+]. The molecule has 0 atom stereocenters. The van der Waals surface area contributed by atoms with Gasteiger partial charge in [-0.05, 0) is 28.1 Å². The molecule has 0 heterocycles. The normalized spacial score (nSPS) is 12.1. The van der Waals surface area contributed by atoms with Crippen molar-refractivity contribution in [3.63, 3.8) is 0 Å². The van der Waals surface area contributed by atoms with Crippen LogP contribution in [0.1, 0.15) is 6.99 Å². The van der Waals surface area contributed by atoms with Crippen LogP contribution in [0.3, 0.4) is 0 Å². The Bertz CT molecular complexity index is 492. The standard InChI is InChI=1S/C7H4BrF3O3S.Na.H/c8-6-4(7(9,10)11)2-1-3-5(6)15(12,13)14;;/h1-3H,(H,12,13,14);;/q;+1;-1. The van der Waals surface area contributed by atoms with Crippen LogP contribution in [0, 0.1) is 0 Å². The van der Waals surface area contributed by atoms with E-state index >= 15 is 0 Å². The minimum Gasteiger partial charge on any atom is -1.00 e. The molecule has 0 spiro atoms. The molecule has 16 heavy (non-hydrogen) atoms. The maximum Gasteiger partial charge on any atom is 1.00 e. The van der Waals surface area contributed by atoms with Crippen LogP contribution in [0.15, 0.2) is 27.6 Å². The second-order valence-electron chi connectivity index (χ2n) is 2.59. The summed E-state index contributed by atoms with van der Waals surface area (Å²) in [5.41, 5.74) is -1.15. The average Bonchev–Trinajstić information content (AvgIpc) is 1.99. The smallest absolute Gasteiger partial charge is 1.00 e. The average molecular weight is 329 g/mol. The van der Waals surface area contributed by atoms with E-state index in [0.717, 1.165) is 12.1 Å². The van der Waals surface area contributed by atoms with E-state index in [0.29, 0.717) is 6.07 Å². The summed E-state index contributed by atoms with van der Waals surface area (Å²) in [6.07, 6.45) is -4.68. The molecule has 0 bridgehead atoms. The molecule has 3 nitrogen and oxygen atoms in total. The Morgan fingerprint density at radius 3 is 2.19 bits per heavy atom. The third-order valence-corrected chi connectivity index (χ3v) is 3.56. The molecule has 0 aliphatic rings. The molecule has 0 aromatic heterocycles. The third-order valence-electron chi connectivity index (χ3n) is 1.55. The second kappa shape index (κ2) is 5.36. The summed E-state index contributed by atoms with van der Waals surface area (Å²) in [6, 6.07) is 2.48. The monoisotopic (exact) mass is 328 g/mol. The van der Waals surface area contributed by atoms with Crippen LogP contribution < -0.4 is 29.6 Å². The molecule has 1 aromatic carbocycles. The Balaban J connectivity index is 0. The van der Waals surface area contributed by atoms with Crippen molar-refractivity contribution < 1.29 is 57.1 Å². The first-order chi connectivity index (χ1) is 6.64. The Labute approximate surface area is 122 Å². The van der Waals surface area contributed by atoms with E-state index in [-0.39, 0.29) is 31.0 Å². The topological polar surface area (TPSA) is 54.4 Å². The first-order valence-electron chi connectivity index (χ1n) is 3.47. The van der Waals surface area contributed by atoms with Gasteiger partial charge in [0.1, 0.15) is 4.90 Å². The van der Waals surface area contributed by atoms with Crippen LogP contribution in [-0.4, -0.2) is 13.0 Å². The molecule has 0 radical (unpaired) electrons. The van der Waals surface area contributed by atoms with E-state index in [1.54, 1.807) is 0 Å². The molecule has 0 fully saturated rings. The molecule has 0 aliphatic heterocycles. The predicted molar refractivity (Wildman–Crippen MR) is 50.1 cm³/mol. The number of halogens is 4. The number of benzene rings is 1. The molecule has 1 aromatic rings. The largest absolute Gasteiger partial charge is 1.00 e. The molecule has 0 aliphatic carbocycles. The zero-order valence-corrected chi connectivity index (χ0v) is 12.3. The molecule has 9 heteroatoms. The van der Waals surface area contributed by atoms with E-state index < -0.39 is 31.2 Å². The number of alkyl halides is 3. The van der Waals surface area contributed by atoms with Crippen LogP contribution in [-0.2, 0) is 16.3 Å². The summed E-state index contributed by atoms with van der Waals surface area (Å²) in [5.74, 6) is 0. The van der Waals surface area contributed by atoms with Gasteiger partial charge in [0.2, 0.25) is 0 Å². The minimum atomic E-state index is -4.68. The van der Waals surface area contributed by atoms with Crippen molar-refractivity contribution in [1.29, 1.82) is 0 Å². The maximum atomic E-state index is 12.3. The van der Waals surface area contributed by atoms with Gasteiger partial charge in [0.15, 0.2) is 0 Å². The summed E-state index contributed by atoms with van der Waals surface area (Å²) in [7, 11) is -4.66. The molecular formula is C7H5BrF3NaO3S. The van der Waals surface area contributed by atoms with Gasteiger partial charge in [-0.25, -0.2) is 0 Å². The number of hydrogen-bond acceptors (Lipinski definition) is 2. The van der Waals surface area contributed by atoms with Crippen molar-refractivity contribution in [1.82, 2.24) is 0 Å². The Morgan fingerprint density at radius 2 is 1.81 bits per heavy atom. The van der Waals surface area contributed by atoms with Crippen LogP contribution in [0.2, 0.25) is 0 Å². The fraction of sp³-hybridized carbons (Fsp3) is 0.143. The Kier molecular flexibility index (Phi) is 5.50. The molecule has 1 rings (SSSR count). The van der Waals surface area contributed by atoms with E-state index in [1.165, 1.54) is 0 Å². The van der Waals surface area contributed by atoms with Crippen LogP contribution >= 0.6 is 15.9 Å². The van der Waals surface area contributed by atoms with Gasteiger partial charge in [0.25, 0.3) is 10.1 Å². The maximum absolute atomic E-state index is 12.3. The minimum absolute atomic E-state index is 0. The number of rotatable bonds is 1. The first kappa shape index (κ1) is 16.4.